The molecule has 0 atom stereocenters. The van der Waals surface area contributed by atoms with Crippen LogP contribution in [0.3, 0.4) is 0 Å². The molecule has 0 aromatic carbocycles. The van der Waals surface area contributed by atoms with E-state index in [1.54, 1.807) is 0 Å². The van der Waals surface area contributed by atoms with E-state index >= 15 is 0 Å². The number of carboxylic acid groups (broad SMARTS) is 1. The van der Waals surface area contributed by atoms with Crippen LogP contribution in [0.15, 0.2) is 16.7 Å². The van der Waals surface area contributed by atoms with E-state index in [1.165, 1.54) is 6.07 Å². The second kappa shape index (κ2) is 5.66. The summed E-state index contributed by atoms with van der Waals surface area (Å²) in [7, 11) is 4.04. The van der Waals surface area contributed by atoms with E-state index in [1.807, 2.05) is 14.1 Å². The number of carbonyl (C=O) groups is 2. The molecule has 110 valence electrons. The van der Waals surface area contributed by atoms with Crippen LogP contribution in [-0.4, -0.2) is 48.1 Å². The monoisotopic (exact) mass is 280 g/mol. The number of nitrogens with zero attached hydrogens (tertiary/aromatic N) is 1. The van der Waals surface area contributed by atoms with Crippen molar-refractivity contribution in [2.24, 2.45) is 0 Å². The van der Waals surface area contributed by atoms with Crippen LogP contribution in [-0.2, 0) is 0 Å². The van der Waals surface area contributed by atoms with Crippen LogP contribution in [0.1, 0.15) is 46.6 Å². The largest absolute Gasteiger partial charge is 0.478 e. The second-order valence-corrected chi connectivity index (χ2v) is 5.51. The Morgan fingerprint density at radius 3 is 2.55 bits per heavy atom. The van der Waals surface area contributed by atoms with Gasteiger partial charge in [-0.15, -0.1) is 0 Å². The summed E-state index contributed by atoms with van der Waals surface area (Å²) in [6, 6.07) is 1.24. The molecule has 2 N–H and O–H groups in total. The van der Waals surface area contributed by atoms with Crippen LogP contribution >= 0.6 is 0 Å². The first-order valence-electron chi connectivity index (χ1n) is 6.72. The SMILES string of the molecule is CN(C)C1(CNC(=O)c2cc(C(=O)O)co2)CCCC1. The topological polar surface area (TPSA) is 82.8 Å². The number of hydrogen-bond acceptors (Lipinski definition) is 4. The Hall–Kier alpha value is -1.82. The van der Waals surface area contributed by atoms with Crippen LogP contribution in [0.4, 0.5) is 0 Å². The van der Waals surface area contributed by atoms with Crippen LogP contribution < -0.4 is 5.32 Å². The van der Waals surface area contributed by atoms with Gasteiger partial charge in [0.15, 0.2) is 5.76 Å². The zero-order valence-corrected chi connectivity index (χ0v) is 11.8. The van der Waals surface area contributed by atoms with Gasteiger partial charge >= 0.3 is 5.97 Å². The molecule has 0 unspecified atom stereocenters. The van der Waals surface area contributed by atoms with Gasteiger partial charge in [-0.2, -0.15) is 0 Å². The van der Waals surface area contributed by atoms with Crippen molar-refractivity contribution in [1.29, 1.82) is 0 Å². The number of carboxylic acids is 1. The molecule has 1 saturated carbocycles. The highest BCUT2D eigenvalue weighted by Crippen LogP contribution is 2.33. The molecule has 0 aliphatic heterocycles. The minimum absolute atomic E-state index is 0.00210. The van der Waals surface area contributed by atoms with Crippen molar-refractivity contribution in [3.8, 4) is 0 Å². The summed E-state index contributed by atoms with van der Waals surface area (Å²) in [6.45, 7) is 0.544. The van der Waals surface area contributed by atoms with Gasteiger partial charge in [-0.3, -0.25) is 4.79 Å². The highest BCUT2D eigenvalue weighted by molar-refractivity contribution is 5.95. The molecule has 6 heteroatoms. The first kappa shape index (κ1) is 14.6. The minimum atomic E-state index is -1.10. The maximum atomic E-state index is 12.0. The molecule has 1 amide bonds. The van der Waals surface area contributed by atoms with Gasteiger partial charge in [0.25, 0.3) is 5.91 Å². The summed E-state index contributed by atoms with van der Waals surface area (Å²) < 4.78 is 4.99. The van der Waals surface area contributed by atoms with Gasteiger partial charge in [0.05, 0.1) is 5.56 Å². The van der Waals surface area contributed by atoms with Crippen molar-refractivity contribution in [3.63, 3.8) is 0 Å². The minimum Gasteiger partial charge on any atom is -0.478 e. The van der Waals surface area contributed by atoms with Gasteiger partial charge < -0.3 is 19.7 Å². The fourth-order valence-electron chi connectivity index (χ4n) is 2.71. The maximum Gasteiger partial charge on any atom is 0.338 e. The lowest BCUT2D eigenvalue weighted by Gasteiger charge is -2.36. The van der Waals surface area contributed by atoms with Gasteiger partial charge in [0.1, 0.15) is 6.26 Å². The van der Waals surface area contributed by atoms with Crippen molar-refractivity contribution in [2.75, 3.05) is 20.6 Å². The highest BCUT2D eigenvalue weighted by Gasteiger charge is 2.36. The molecule has 0 bridgehead atoms. The van der Waals surface area contributed by atoms with Crippen molar-refractivity contribution in [2.45, 2.75) is 31.2 Å². The molecule has 1 aliphatic rings. The zero-order valence-electron chi connectivity index (χ0n) is 11.8. The molecule has 0 spiro atoms. The summed E-state index contributed by atoms with van der Waals surface area (Å²) >= 11 is 0. The van der Waals surface area contributed by atoms with Crippen LogP contribution in [0, 0.1) is 0 Å². The Kier molecular flexibility index (Phi) is 4.13. The van der Waals surface area contributed by atoms with Crippen molar-refractivity contribution in [1.82, 2.24) is 10.2 Å². The predicted molar refractivity (Wildman–Crippen MR) is 72.9 cm³/mol. The summed E-state index contributed by atoms with van der Waals surface area (Å²) in [4.78, 5) is 24.9. The fraction of sp³-hybridized carbons (Fsp3) is 0.571. The number of likely N-dealkylation sites (N-methyl/N-ethyl adjacent to an activating group) is 1. The highest BCUT2D eigenvalue weighted by atomic mass is 16.4. The normalized spacial score (nSPS) is 17.4. The van der Waals surface area contributed by atoms with Gasteiger partial charge in [0, 0.05) is 18.2 Å². The summed E-state index contributed by atoms with van der Waals surface area (Å²) in [6.07, 6.45) is 5.52. The summed E-state index contributed by atoms with van der Waals surface area (Å²) in [5.74, 6) is -1.44. The molecule has 2 rings (SSSR count). The van der Waals surface area contributed by atoms with Crippen molar-refractivity contribution < 1.29 is 19.1 Å². The van der Waals surface area contributed by atoms with Gasteiger partial charge in [-0.1, -0.05) is 12.8 Å². The Balaban J connectivity index is 1.99. The van der Waals surface area contributed by atoms with Crippen molar-refractivity contribution >= 4 is 11.9 Å². The van der Waals surface area contributed by atoms with E-state index in [-0.39, 0.29) is 22.8 Å². The van der Waals surface area contributed by atoms with E-state index < -0.39 is 5.97 Å². The van der Waals surface area contributed by atoms with E-state index in [0.29, 0.717) is 6.54 Å². The van der Waals surface area contributed by atoms with E-state index in [4.69, 9.17) is 9.52 Å². The average molecular weight is 280 g/mol. The second-order valence-electron chi connectivity index (χ2n) is 5.51. The van der Waals surface area contributed by atoms with Gasteiger partial charge in [-0.05, 0) is 26.9 Å². The number of furan rings is 1. The molecule has 20 heavy (non-hydrogen) atoms. The molecule has 1 aromatic rings. The van der Waals surface area contributed by atoms with E-state index in [9.17, 15) is 9.59 Å². The lowest BCUT2D eigenvalue weighted by Crippen LogP contribution is -2.50. The number of hydrogen-bond donors (Lipinski definition) is 2. The number of nitrogens with one attached hydrogen (secondary N) is 1. The van der Waals surface area contributed by atoms with E-state index in [2.05, 4.69) is 10.2 Å². The Labute approximate surface area is 117 Å². The zero-order chi connectivity index (χ0) is 14.8. The lowest BCUT2D eigenvalue weighted by molar-refractivity contribution is 0.0695. The molecular weight excluding hydrogens is 260 g/mol. The molecule has 0 saturated heterocycles. The smallest absolute Gasteiger partial charge is 0.338 e. The lowest BCUT2D eigenvalue weighted by atomic mass is 9.96. The first-order chi connectivity index (χ1) is 9.44. The quantitative estimate of drug-likeness (QED) is 0.855. The van der Waals surface area contributed by atoms with Crippen LogP contribution in [0.25, 0.3) is 0 Å². The average Bonchev–Trinajstić information content (AvgIpc) is 3.06. The summed E-state index contributed by atoms with van der Waals surface area (Å²) in [5, 5.41) is 11.6. The number of amides is 1. The number of rotatable bonds is 5. The third-order valence-corrected chi connectivity index (χ3v) is 4.13. The maximum absolute atomic E-state index is 12.0. The van der Waals surface area contributed by atoms with Crippen molar-refractivity contribution in [3.05, 3.63) is 23.7 Å². The molecule has 0 radical (unpaired) electrons. The molecule has 6 nitrogen and oxygen atoms in total. The molecule has 1 fully saturated rings. The Morgan fingerprint density at radius 2 is 2.05 bits per heavy atom. The fourth-order valence-corrected chi connectivity index (χ4v) is 2.71. The molecular formula is C14H20N2O4. The number of aromatic carboxylic acids is 1. The Bertz CT molecular complexity index is 501. The third kappa shape index (κ3) is 2.85. The number of carbonyl (C=O) groups excluding carboxylic acids is 1. The third-order valence-electron chi connectivity index (χ3n) is 4.13. The summed E-state index contributed by atoms with van der Waals surface area (Å²) in [5.41, 5.74) is -0.0175. The standard InChI is InChI=1S/C14H20N2O4/c1-16(2)14(5-3-4-6-14)9-15-12(17)11-7-10(8-20-11)13(18)19/h7-8H,3-6,9H2,1-2H3,(H,15,17)(H,18,19). The van der Waals surface area contributed by atoms with Gasteiger partial charge in [-0.25, -0.2) is 4.79 Å². The van der Waals surface area contributed by atoms with Crippen LogP contribution in [0.2, 0.25) is 0 Å². The predicted octanol–water partition coefficient (Wildman–Crippen LogP) is 1.58. The molecule has 1 heterocycles. The van der Waals surface area contributed by atoms with E-state index in [0.717, 1.165) is 31.9 Å². The Morgan fingerprint density at radius 1 is 1.40 bits per heavy atom. The molecule has 1 aliphatic carbocycles. The first-order valence-corrected chi connectivity index (χ1v) is 6.72. The van der Waals surface area contributed by atoms with Gasteiger partial charge in [0.2, 0.25) is 0 Å². The van der Waals surface area contributed by atoms with Crippen LogP contribution in [0.5, 0.6) is 0 Å². The molecule has 1 aromatic heterocycles.